The zero-order chi connectivity index (χ0) is 17.9. The number of carbonyl (C=O) groups excluding carboxylic acids is 1. The molecule has 2 aromatic heterocycles. The molecule has 4 rings (SSSR count). The lowest BCUT2D eigenvalue weighted by Crippen LogP contribution is -2.11. The molecule has 128 valence electrons. The Morgan fingerprint density at radius 3 is 2.77 bits per heavy atom. The first-order valence-electron chi connectivity index (χ1n) is 7.86. The Labute approximate surface area is 148 Å². The molecule has 1 N–H and O–H groups in total. The van der Waals surface area contributed by atoms with Crippen molar-refractivity contribution in [2.24, 2.45) is 0 Å². The number of pyridine rings is 1. The number of nitrogens with zero attached hydrogens (tertiary/aromatic N) is 1. The molecule has 6 heteroatoms. The van der Waals surface area contributed by atoms with Crippen molar-refractivity contribution in [2.75, 3.05) is 5.32 Å². The smallest absolute Gasteiger partial charge is 0.291 e. The number of hydrogen-bond acceptors (Lipinski definition) is 4. The highest BCUT2D eigenvalue weighted by Gasteiger charge is 2.15. The third kappa shape index (κ3) is 3.25. The number of rotatable bonds is 4. The first-order chi connectivity index (χ1) is 12.7. The van der Waals surface area contributed by atoms with Gasteiger partial charge in [0.15, 0.2) is 11.5 Å². The molecule has 1 amide bonds. The van der Waals surface area contributed by atoms with Crippen LogP contribution in [0, 0.1) is 5.82 Å². The quantitative estimate of drug-likeness (QED) is 0.563. The summed E-state index contributed by atoms with van der Waals surface area (Å²) in [6.07, 6.45) is 3.05. The van der Waals surface area contributed by atoms with Crippen LogP contribution in [-0.2, 0) is 0 Å². The van der Waals surface area contributed by atoms with Crippen LogP contribution in [0.25, 0.3) is 11.0 Å². The average molecular weight is 348 g/mol. The van der Waals surface area contributed by atoms with Crippen molar-refractivity contribution >= 4 is 22.6 Å². The Morgan fingerprint density at radius 1 is 1.08 bits per heavy atom. The first-order valence-corrected chi connectivity index (χ1v) is 7.86. The lowest BCUT2D eigenvalue weighted by molar-refractivity contribution is 0.0998. The monoisotopic (exact) mass is 348 g/mol. The number of hydrogen-bond donors (Lipinski definition) is 1. The molecule has 0 unspecified atom stereocenters. The summed E-state index contributed by atoms with van der Waals surface area (Å²) >= 11 is 0. The van der Waals surface area contributed by atoms with Crippen LogP contribution in [0.1, 0.15) is 10.6 Å². The van der Waals surface area contributed by atoms with E-state index in [1.165, 1.54) is 30.5 Å². The van der Waals surface area contributed by atoms with Gasteiger partial charge in [-0.3, -0.25) is 9.78 Å². The molecule has 0 radical (unpaired) electrons. The van der Waals surface area contributed by atoms with Crippen LogP contribution in [0.2, 0.25) is 0 Å². The summed E-state index contributed by atoms with van der Waals surface area (Å²) in [5.74, 6) is 0.277. The summed E-state index contributed by atoms with van der Waals surface area (Å²) in [5, 5.41) is 3.22. The van der Waals surface area contributed by atoms with Gasteiger partial charge in [0.25, 0.3) is 5.91 Å². The third-order valence-electron chi connectivity index (χ3n) is 3.70. The summed E-state index contributed by atoms with van der Waals surface area (Å²) in [4.78, 5) is 16.5. The number of fused-ring (bicyclic) bond motifs is 1. The highest BCUT2D eigenvalue weighted by molar-refractivity contribution is 6.05. The van der Waals surface area contributed by atoms with Crippen LogP contribution in [0.5, 0.6) is 11.5 Å². The largest absolute Gasteiger partial charge is 0.455 e. The molecule has 0 bridgehead atoms. The topological polar surface area (TPSA) is 64.4 Å². The lowest BCUT2D eigenvalue weighted by Gasteiger charge is -2.10. The standard InChI is InChI=1S/C20H13FN2O3/c21-14-6-7-17-13(10-14)11-19(26-17)20(24)23-16-12-22-9-8-18(16)25-15-4-2-1-3-5-15/h1-12H,(H,23,24). The fourth-order valence-corrected chi connectivity index (χ4v) is 2.49. The molecule has 0 saturated carbocycles. The molecule has 0 aliphatic carbocycles. The van der Waals surface area contributed by atoms with Gasteiger partial charge in [-0.1, -0.05) is 18.2 Å². The number of para-hydroxylation sites is 1. The summed E-state index contributed by atoms with van der Waals surface area (Å²) in [7, 11) is 0. The summed E-state index contributed by atoms with van der Waals surface area (Å²) < 4.78 is 24.5. The highest BCUT2D eigenvalue weighted by Crippen LogP contribution is 2.29. The molecule has 0 saturated heterocycles. The van der Waals surface area contributed by atoms with Crippen LogP contribution in [0.3, 0.4) is 0 Å². The van der Waals surface area contributed by atoms with Crippen molar-refractivity contribution in [3.05, 3.63) is 84.6 Å². The van der Waals surface area contributed by atoms with Crippen molar-refractivity contribution < 1.29 is 18.3 Å². The number of furan rings is 1. The predicted molar refractivity (Wildman–Crippen MR) is 94.9 cm³/mol. The molecule has 0 atom stereocenters. The van der Waals surface area contributed by atoms with E-state index in [1.54, 1.807) is 24.4 Å². The number of benzene rings is 2. The van der Waals surface area contributed by atoms with Crippen molar-refractivity contribution in [1.82, 2.24) is 4.98 Å². The van der Waals surface area contributed by atoms with Crippen LogP contribution in [0.4, 0.5) is 10.1 Å². The van der Waals surface area contributed by atoms with Crippen molar-refractivity contribution in [2.45, 2.75) is 0 Å². The second-order valence-corrected chi connectivity index (χ2v) is 5.53. The number of carbonyl (C=O) groups is 1. The van der Waals surface area contributed by atoms with E-state index < -0.39 is 11.7 Å². The molecule has 0 spiro atoms. The summed E-state index contributed by atoms with van der Waals surface area (Å²) in [5.41, 5.74) is 0.830. The Bertz CT molecular complexity index is 1080. The maximum absolute atomic E-state index is 13.3. The molecule has 26 heavy (non-hydrogen) atoms. The fraction of sp³-hybridized carbons (Fsp3) is 0. The van der Waals surface area contributed by atoms with Gasteiger partial charge >= 0.3 is 0 Å². The number of nitrogens with one attached hydrogen (secondary N) is 1. The van der Waals surface area contributed by atoms with Gasteiger partial charge < -0.3 is 14.5 Å². The van der Waals surface area contributed by atoms with E-state index in [0.29, 0.717) is 28.2 Å². The van der Waals surface area contributed by atoms with Crippen molar-refractivity contribution in [3.63, 3.8) is 0 Å². The summed E-state index contributed by atoms with van der Waals surface area (Å²) in [6.45, 7) is 0. The minimum atomic E-state index is -0.479. The minimum absolute atomic E-state index is 0.0696. The van der Waals surface area contributed by atoms with E-state index in [-0.39, 0.29) is 5.76 Å². The number of ether oxygens (including phenoxy) is 1. The van der Waals surface area contributed by atoms with Crippen LogP contribution < -0.4 is 10.1 Å². The van der Waals surface area contributed by atoms with E-state index in [4.69, 9.17) is 9.15 Å². The van der Waals surface area contributed by atoms with Crippen LogP contribution in [-0.4, -0.2) is 10.9 Å². The van der Waals surface area contributed by atoms with Gasteiger partial charge in [-0.05, 0) is 36.4 Å². The number of aromatic nitrogens is 1. The van der Waals surface area contributed by atoms with Crippen molar-refractivity contribution in [3.8, 4) is 11.5 Å². The average Bonchev–Trinajstić information content (AvgIpc) is 3.07. The van der Waals surface area contributed by atoms with Gasteiger partial charge in [0, 0.05) is 17.6 Å². The normalized spacial score (nSPS) is 10.7. The van der Waals surface area contributed by atoms with E-state index in [9.17, 15) is 9.18 Å². The van der Waals surface area contributed by atoms with Crippen molar-refractivity contribution in [1.29, 1.82) is 0 Å². The second kappa shape index (κ2) is 6.68. The number of anilines is 1. The highest BCUT2D eigenvalue weighted by atomic mass is 19.1. The molecule has 2 heterocycles. The van der Waals surface area contributed by atoms with Gasteiger partial charge in [-0.2, -0.15) is 0 Å². The van der Waals surface area contributed by atoms with E-state index in [0.717, 1.165) is 0 Å². The molecular formula is C20H13FN2O3. The van der Waals surface area contributed by atoms with Gasteiger partial charge in [0.1, 0.15) is 22.8 Å². The van der Waals surface area contributed by atoms with E-state index >= 15 is 0 Å². The number of amides is 1. The molecule has 0 fully saturated rings. The zero-order valence-corrected chi connectivity index (χ0v) is 13.5. The molecule has 0 aliphatic rings. The second-order valence-electron chi connectivity index (χ2n) is 5.53. The Morgan fingerprint density at radius 2 is 1.92 bits per heavy atom. The predicted octanol–water partition coefficient (Wildman–Crippen LogP) is 5.01. The lowest BCUT2D eigenvalue weighted by atomic mass is 10.2. The zero-order valence-electron chi connectivity index (χ0n) is 13.5. The summed E-state index contributed by atoms with van der Waals surface area (Å²) in [6, 6.07) is 16.4. The van der Waals surface area contributed by atoms with E-state index in [1.807, 2.05) is 18.2 Å². The van der Waals surface area contributed by atoms with Gasteiger partial charge in [0.2, 0.25) is 0 Å². The molecule has 4 aromatic rings. The van der Waals surface area contributed by atoms with Crippen LogP contribution in [0.15, 0.2) is 77.5 Å². The van der Waals surface area contributed by atoms with Gasteiger partial charge in [-0.15, -0.1) is 0 Å². The molecule has 2 aromatic carbocycles. The maximum Gasteiger partial charge on any atom is 0.291 e. The third-order valence-corrected chi connectivity index (χ3v) is 3.70. The Balaban J connectivity index is 1.59. The van der Waals surface area contributed by atoms with Crippen LogP contribution >= 0.6 is 0 Å². The molecule has 5 nitrogen and oxygen atoms in total. The Kier molecular flexibility index (Phi) is 4.07. The maximum atomic E-state index is 13.3. The van der Waals surface area contributed by atoms with Gasteiger partial charge in [0.05, 0.1) is 6.20 Å². The van der Waals surface area contributed by atoms with E-state index in [2.05, 4.69) is 10.3 Å². The van der Waals surface area contributed by atoms with Gasteiger partial charge in [-0.25, -0.2) is 4.39 Å². The Hall–Kier alpha value is -3.67. The SMILES string of the molecule is O=C(Nc1cnccc1Oc1ccccc1)c1cc2cc(F)ccc2o1. The number of halogens is 1. The fourth-order valence-electron chi connectivity index (χ4n) is 2.49. The first kappa shape index (κ1) is 15.8. The molecule has 0 aliphatic heterocycles. The minimum Gasteiger partial charge on any atom is -0.455 e. The molecular weight excluding hydrogens is 335 g/mol.